The van der Waals surface area contributed by atoms with Crippen LogP contribution in [-0.2, 0) is 19.6 Å². The molecule has 0 bridgehead atoms. The van der Waals surface area contributed by atoms with E-state index in [1.807, 2.05) is 56.0 Å². The van der Waals surface area contributed by atoms with Crippen molar-refractivity contribution < 1.29 is 18.0 Å². The molecule has 2 aromatic carbocycles. The maximum Gasteiger partial charge on any atom is 0.250 e. The van der Waals surface area contributed by atoms with Crippen LogP contribution in [-0.4, -0.2) is 67.3 Å². The zero-order valence-electron chi connectivity index (χ0n) is 20.6. The molecule has 2 aromatic rings. The second-order valence-electron chi connectivity index (χ2n) is 9.53. The molecule has 4 rings (SSSR count). The lowest BCUT2D eigenvalue weighted by Gasteiger charge is -2.42. The normalized spacial score (nSPS) is 19.2. The van der Waals surface area contributed by atoms with Crippen LogP contribution in [0.3, 0.4) is 0 Å². The van der Waals surface area contributed by atoms with Crippen LogP contribution in [0.2, 0.25) is 0 Å². The molecule has 1 unspecified atom stereocenters. The van der Waals surface area contributed by atoms with Crippen molar-refractivity contribution in [3.8, 4) is 0 Å². The lowest BCUT2D eigenvalue weighted by atomic mass is 9.86. The van der Waals surface area contributed by atoms with Gasteiger partial charge in [-0.3, -0.25) is 9.59 Å². The number of amides is 2. The van der Waals surface area contributed by atoms with E-state index in [1.54, 1.807) is 29.2 Å². The van der Waals surface area contributed by atoms with Gasteiger partial charge in [-0.2, -0.15) is 4.31 Å². The number of carbonyl (C=O) groups is 2. The lowest BCUT2D eigenvalue weighted by Crippen LogP contribution is -2.57. The molecule has 2 amide bonds. The zero-order valence-corrected chi connectivity index (χ0v) is 21.4. The van der Waals surface area contributed by atoms with Crippen molar-refractivity contribution in [3.05, 3.63) is 60.2 Å². The van der Waals surface area contributed by atoms with Gasteiger partial charge < -0.3 is 15.1 Å². The molecule has 8 nitrogen and oxygen atoms in total. The number of hydrogen-bond donors (Lipinski definition) is 1. The Morgan fingerprint density at radius 1 is 1.06 bits per heavy atom. The Bertz CT molecular complexity index is 1160. The standard InChI is InChI=1S/C26H34N4O4S/c1-4-21(3)27-24(31)18-28-19-30(22-8-6-5-7-9-22)26(25(28)32)14-16-29(17-15-26)35(33,34)23-12-10-20(2)11-13-23/h5-13,21H,4,14-19H2,1-3H3,(H,27,31). The first-order chi connectivity index (χ1) is 16.7. The lowest BCUT2D eigenvalue weighted by molar-refractivity contribution is -0.137. The number of hydrogen-bond acceptors (Lipinski definition) is 5. The van der Waals surface area contributed by atoms with Gasteiger partial charge in [-0.15, -0.1) is 0 Å². The number of aryl methyl sites for hydroxylation is 1. The van der Waals surface area contributed by atoms with E-state index in [1.165, 1.54) is 4.31 Å². The van der Waals surface area contributed by atoms with Gasteiger partial charge in [0.25, 0.3) is 0 Å². The Hall–Kier alpha value is -2.91. The fraction of sp³-hybridized carbons (Fsp3) is 0.462. The predicted molar refractivity (Wildman–Crippen MR) is 135 cm³/mol. The van der Waals surface area contributed by atoms with Crippen LogP contribution < -0.4 is 10.2 Å². The smallest absolute Gasteiger partial charge is 0.250 e. The van der Waals surface area contributed by atoms with Crippen LogP contribution in [0.15, 0.2) is 59.5 Å². The van der Waals surface area contributed by atoms with Crippen LogP contribution in [0.5, 0.6) is 0 Å². The summed E-state index contributed by atoms with van der Waals surface area (Å²) in [5.41, 5.74) is 1.01. The zero-order chi connectivity index (χ0) is 25.2. The average Bonchev–Trinajstić information content (AvgIpc) is 3.11. The van der Waals surface area contributed by atoms with E-state index in [2.05, 4.69) is 5.32 Å². The van der Waals surface area contributed by atoms with Crippen molar-refractivity contribution in [1.29, 1.82) is 0 Å². The maximum atomic E-state index is 13.8. The highest BCUT2D eigenvalue weighted by Gasteiger charge is 2.55. The fourth-order valence-corrected chi connectivity index (χ4v) is 6.32. The molecule has 2 aliphatic heterocycles. The Morgan fingerprint density at radius 2 is 1.69 bits per heavy atom. The SMILES string of the molecule is CCC(C)NC(=O)CN1CN(c2ccccc2)C2(CCN(S(=O)(=O)c3ccc(C)cc3)CC2)C1=O. The van der Waals surface area contributed by atoms with E-state index < -0.39 is 15.6 Å². The second-order valence-corrected chi connectivity index (χ2v) is 11.5. The first-order valence-corrected chi connectivity index (χ1v) is 13.6. The first kappa shape index (κ1) is 25.2. The number of sulfonamides is 1. The number of benzene rings is 2. The van der Waals surface area contributed by atoms with Crippen molar-refractivity contribution in [2.24, 2.45) is 0 Å². The van der Waals surface area contributed by atoms with Crippen molar-refractivity contribution in [1.82, 2.24) is 14.5 Å². The summed E-state index contributed by atoms with van der Waals surface area (Å²) in [6, 6.07) is 16.5. The van der Waals surface area contributed by atoms with Crippen LogP contribution in [0.1, 0.15) is 38.7 Å². The quantitative estimate of drug-likeness (QED) is 0.634. The molecule has 1 atom stereocenters. The largest absolute Gasteiger partial charge is 0.352 e. The number of nitrogens with zero attached hydrogens (tertiary/aromatic N) is 3. The van der Waals surface area contributed by atoms with Crippen LogP contribution in [0.4, 0.5) is 5.69 Å². The highest BCUT2D eigenvalue weighted by molar-refractivity contribution is 7.89. The fourth-order valence-electron chi connectivity index (χ4n) is 4.87. The monoisotopic (exact) mass is 498 g/mol. The molecule has 0 radical (unpaired) electrons. The summed E-state index contributed by atoms with van der Waals surface area (Å²) < 4.78 is 27.9. The summed E-state index contributed by atoms with van der Waals surface area (Å²) in [5.74, 6) is -0.301. The third kappa shape index (κ3) is 4.92. The third-order valence-corrected chi connectivity index (χ3v) is 9.06. The summed E-state index contributed by atoms with van der Waals surface area (Å²) >= 11 is 0. The number of carbonyl (C=O) groups excluding carboxylic acids is 2. The number of para-hydroxylation sites is 1. The van der Waals surface area contributed by atoms with E-state index >= 15 is 0 Å². The molecule has 1 N–H and O–H groups in total. The molecular formula is C26H34N4O4S. The molecule has 1 spiro atoms. The van der Waals surface area contributed by atoms with E-state index in [-0.39, 0.29) is 42.4 Å². The minimum atomic E-state index is -3.65. The van der Waals surface area contributed by atoms with Crippen LogP contribution >= 0.6 is 0 Å². The summed E-state index contributed by atoms with van der Waals surface area (Å²) in [4.78, 5) is 30.2. The molecule has 2 heterocycles. The Labute approximate surface area is 207 Å². The van der Waals surface area contributed by atoms with Crippen LogP contribution in [0, 0.1) is 6.92 Å². The van der Waals surface area contributed by atoms with Gasteiger partial charge in [-0.25, -0.2) is 8.42 Å². The molecule has 2 saturated heterocycles. The van der Waals surface area contributed by atoms with Crippen molar-refractivity contribution >= 4 is 27.5 Å². The van der Waals surface area contributed by atoms with Crippen molar-refractivity contribution in [2.75, 3.05) is 31.2 Å². The topological polar surface area (TPSA) is 90.0 Å². The average molecular weight is 499 g/mol. The maximum absolute atomic E-state index is 13.8. The predicted octanol–water partition coefficient (Wildman–Crippen LogP) is 2.74. The molecule has 2 fully saturated rings. The molecule has 0 aromatic heterocycles. The van der Waals surface area contributed by atoms with E-state index in [9.17, 15) is 18.0 Å². The van der Waals surface area contributed by atoms with Gasteiger partial charge >= 0.3 is 0 Å². The number of rotatable bonds is 7. The van der Waals surface area contributed by atoms with Gasteiger partial charge in [0, 0.05) is 24.8 Å². The molecule has 188 valence electrons. The molecule has 0 saturated carbocycles. The van der Waals surface area contributed by atoms with Crippen LogP contribution in [0.25, 0.3) is 0 Å². The van der Waals surface area contributed by atoms with E-state index in [0.717, 1.165) is 17.7 Å². The van der Waals surface area contributed by atoms with Crippen molar-refractivity contribution in [3.63, 3.8) is 0 Å². The van der Waals surface area contributed by atoms with Crippen molar-refractivity contribution in [2.45, 2.75) is 56.5 Å². The number of nitrogens with one attached hydrogen (secondary N) is 1. The van der Waals surface area contributed by atoms with E-state index in [0.29, 0.717) is 19.5 Å². The number of piperidine rings is 1. The summed E-state index contributed by atoms with van der Waals surface area (Å²) in [7, 11) is -3.65. The van der Waals surface area contributed by atoms with Gasteiger partial charge in [0.2, 0.25) is 21.8 Å². The summed E-state index contributed by atoms with van der Waals surface area (Å²) in [6.45, 7) is 6.60. The Balaban J connectivity index is 1.57. The highest BCUT2D eigenvalue weighted by Crippen LogP contribution is 2.40. The molecule has 2 aliphatic rings. The molecule has 0 aliphatic carbocycles. The molecule has 35 heavy (non-hydrogen) atoms. The Kier molecular flexibility index (Phi) is 7.19. The first-order valence-electron chi connectivity index (χ1n) is 12.2. The Morgan fingerprint density at radius 3 is 2.29 bits per heavy atom. The third-order valence-electron chi connectivity index (χ3n) is 7.14. The minimum Gasteiger partial charge on any atom is -0.352 e. The van der Waals surface area contributed by atoms with Gasteiger partial charge in [0.15, 0.2) is 0 Å². The number of anilines is 1. The summed E-state index contributed by atoms with van der Waals surface area (Å²) in [5, 5.41) is 2.93. The van der Waals surface area contributed by atoms with Gasteiger partial charge in [-0.1, -0.05) is 42.8 Å². The highest BCUT2D eigenvalue weighted by atomic mass is 32.2. The van der Waals surface area contributed by atoms with E-state index in [4.69, 9.17) is 0 Å². The summed E-state index contributed by atoms with van der Waals surface area (Å²) in [6.07, 6.45) is 1.52. The molecule has 9 heteroatoms. The van der Waals surface area contributed by atoms with Gasteiger partial charge in [-0.05, 0) is 57.4 Å². The van der Waals surface area contributed by atoms with Gasteiger partial charge in [0.1, 0.15) is 12.1 Å². The van der Waals surface area contributed by atoms with Gasteiger partial charge in [0.05, 0.1) is 11.6 Å². The second kappa shape index (κ2) is 9.99. The minimum absolute atomic E-state index is 0.0142. The molecular weight excluding hydrogens is 464 g/mol.